The van der Waals surface area contributed by atoms with Gasteiger partial charge in [-0.05, 0) is 30.2 Å². The van der Waals surface area contributed by atoms with E-state index in [4.69, 9.17) is 4.74 Å². The fourth-order valence-corrected chi connectivity index (χ4v) is 2.62. The molecule has 1 rings (SSSR count). The topological polar surface area (TPSA) is 21.3 Å². The number of hydrogen-bond acceptors (Lipinski definition) is 2. The normalized spacial score (nSPS) is 29.5. The Kier molecular flexibility index (Phi) is 3.36. The molecule has 1 saturated heterocycles. The van der Waals surface area contributed by atoms with E-state index in [1.54, 1.807) is 7.11 Å². The van der Waals surface area contributed by atoms with Crippen LogP contribution >= 0.6 is 0 Å². The fraction of sp³-hybridized carbons (Fsp3) is 1.00. The third-order valence-corrected chi connectivity index (χ3v) is 3.86. The molecule has 0 aliphatic carbocycles. The second kappa shape index (κ2) is 3.97. The van der Waals surface area contributed by atoms with Crippen molar-refractivity contribution in [1.29, 1.82) is 0 Å². The minimum absolute atomic E-state index is 0.292. The Balaban J connectivity index is 2.73. The van der Waals surface area contributed by atoms with Crippen LogP contribution in [0.4, 0.5) is 0 Å². The molecule has 0 aromatic carbocycles. The van der Waals surface area contributed by atoms with Gasteiger partial charge in [0, 0.05) is 13.7 Å². The van der Waals surface area contributed by atoms with Gasteiger partial charge in [-0.15, -0.1) is 0 Å². The molecule has 1 atom stereocenters. The highest BCUT2D eigenvalue weighted by Crippen LogP contribution is 2.46. The molecule has 0 aromatic rings. The molecule has 1 N–H and O–H groups in total. The van der Waals surface area contributed by atoms with Gasteiger partial charge in [-0.2, -0.15) is 0 Å². The second-order valence-corrected chi connectivity index (χ2v) is 4.88. The summed E-state index contributed by atoms with van der Waals surface area (Å²) < 4.78 is 5.32. The number of ether oxygens (including phenoxy) is 1. The van der Waals surface area contributed by atoms with Crippen LogP contribution in [-0.2, 0) is 4.74 Å². The minimum atomic E-state index is 0.292. The highest BCUT2D eigenvalue weighted by Gasteiger charge is 2.45. The molecule has 13 heavy (non-hydrogen) atoms. The van der Waals surface area contributed by atoms with Crippen LogP contribution in [0.3, 0.4) is 0 Å². The summed E-state index contributed by atoms with van der Waals surface area (Å²) in [6, 6.07) is 0. The summed E-state index contributed by atoms with van der Waals surface area (Å²) in [5, 5.41) is 3.47. The molecule has 0 saturated carbocycles. The highest BCUT2D eigenvalue weighted by molar-refractivity contribution is 4.97. The lowest BCUT2D eigenvalue weighted by atomic mass is 9.63. The SMILES string of the molecule is CCC1(C(C)(C)COC)CCNC1. The van der Waals surface area contributed by atoms with Crippen LogP contribution in [0.15, 0.2) is 0 Å². The standard InChI is InChI=1S/C11H23NO/c1-5-11(6-7-12-8-11)10(2,3)9-13-4/h12H,5-9H2,1-4H3. The van der Waals surface area contributed by atoms with E-state index >= 15 is 0 Å². The number of nitrogens with one attached hydrogen (secondary N) is 1. The molecule has 1 unspecified atom stereocenters. The largest absolute Gasteiger partial charge is 0.384 e. The van der Waals surface area contributed by atoms with Gasteiger partial charge in [0.25, 0.3) is 0 Å². The molecular formula is C11H23NO. The highest BCUT2D eigenvalue weighted by atomic mass is 16.5. The predicted octanol–water partition coefficient (Wildman–Crippen LogP) is 2.05. The van der Waals surface area contributed by atoms with Gasteiger partial charge in [-0.3, -0.25) is 0 Å². The smallest absolute Gasteiger partial charge is 0.0519 e. The van der Waals surface area contributed by atoms with Gasteiger partial charge in [-0.25, -0.2) is 0 Å². The van der Waals surface area contributed by atoms with Crippen molar-refractivity contribution in [1.82, 2.24) is 5.32 Å². The number of hydrogen-bond donors (Lipinski definition) is 1. The Morgan fingerprint density at radius 1 is 1.46 bits per heavy atom. The fourth-order valence-electron chi connectivity index (χ4n) is 2.62. The van der Waals surface area contributed by atoms with Crippen LogP contribution in [0.25, 0.3) is 0 Å². The summed E-state index contributed by atoms with van der Waals surface area (Å²) in [7, 11) is 1.80. The van der Waals surface area contributed by atoms with Crippen LogP contribution in [0, 0.1) is 10.8 Å². The average Bonchev–Trinajstić information content (AvgIpc) is 2.53. The molecule has 1 aliphatic heterocycles. The Bertz CT molecular complexity index is 159. The first-order valence-electron chi connectivity index (χ1n) is 5.28. The van der Waals surface area contributed by atoms with Gasteiger partial charge in [0.05, 0.1) is 6.61 Å². The van der Waals surface area contributed by atoms with Crippen molar-refractivity contribution < 1.29 is 4.74 Å². The van der Waals surface area contributed by atoms with E-state index < -0.39 is 0 Å². The zero-order valence-electron chi connectivity index (χ0n) is 9.44. The van der Waals surface area contributed by atoms with Crippen molar-refractivity contribution in [3.05, 3.63) is 0 Å². The molecule has 2 nitrogen and oxygen atoms in total. The lowest BCUT2D eigenvalue weighted by Crippen LogP contribution is -2.42. The zero-order chi connectivity index (χ0) is 9.95. The van der Waals surface area contributed by atoms with Crippen molar-refractivity contribution in [2.75, 3.05) is 26.8 Å². The summed E-state index contributed by atoms with van der Waals surface area (Å²) in [6.45, 7) is 10.1. The maximum absolute atomic E-state index is 5.32. The van der Waals surface area contributed by atoms with Gasteiger partial charge in [0.15, 0.2) is 0 Å². The van der Waals surface area contributed by atoms with Crippen LogP contribution < -0.4 is 5.32 Å². The third kappa shape index (κ3) is 1.89. The van der Waals surface area contributed by atoms with Crippen molar-refractivity contribution in [3.8, 4) is 0 Å². The summed E-state index contributed by atoms with van der Waals surface area (Å²) in [4.78, 5) is 0. The molecule has 0 spiro atoms. The van der Waals surface area contributed by atoms with Crippen LogP contribution in [0.2, 0.25) is 0 Å². The maximum Gasteiger partial charge on any atom is 0.0519 e. The third-order valence-electron chi connectivity index (χ3n) is 3.86. The Morgan fingerprint density at radius 2 is 2.15 bits per heavy atom. The monoisotopic (exact) mass is 185 g/mol. The van der Waals surface area contributed by atoms with E-state index in [-0.39, 0.29) is 0 Å². The van der Waals surface area contributed by atoms with Gasteiger partial charge in [-0.1, -0.05) is 20.8 Å². The van der Waals surface area contributed by atoms with E-state index in [1.165, 1.54) is 19.4 Å². The molecule has 0 radical (unpaired) electrons. The van der Waals surface area contributed by atoms with Crippen molar-refractivity contribution in [2.45, 2.75) is 33.6 Å². The van der Waals surface area contributed by atoms with E-state index in [0.717, 1.165) is 13.2 Å². The van der Waals surface area contributed by atoms with Crippen molar-refractivity contribution in [3.63, 3.8) is 0 Å². The molecule has 1 heterocycles. The number of rotatable bonds is 4. The second-order valence-electron chi connectivity index (χ2n) is 4.88. The van der Waals surface area contributed by atoms with Gasteiger partial charge < -0.3 is 10.1 Å². The average molecular weight is 185 g/mol. The summed E-state index contributed by atoms with van der Waals surface area (Å²) in [5.74, 6) is 0. The molecule has 1 fully saturated rings. The van der Waals surface area contributed by atoms with Gasteiger partial charge in [0.1, 0.15) is 0 Å². The maximum atomic E-state index is 5.32. The lowest BCUT2D eigenvalue weighted by Gasteiger charge is -2.43. The predicted molar refractivity (Wildman–Crippen MR) is 55.9 cm³/mol. The minimum Gasteiger partial charge on any atom is -0.384 e. The van der Waals surface area contributed by atoms with Crippen LogP contribution in [0.5, 0.6) is 0 Å². The van der Waals surface area contributed by atoms with Crippen molar-refractivity contribution in [2.24, 2.45) is 10.8 Å². The summed E-state index contributed by atoms with van der Waals surface area (Å²) >= 11 is 0. The Morgan fingerprint density at radius 3 is 2.54 bits per heavy atom. The van der Waals surface area contributed by atoms with E-state index in [2.05, 4.69) is 26.1 Å². The first kappa shape index (κ1) is 11.0. The van der Waals surface area contributed by atoms with E-state index in [1.807, 2.05) is 0 Å². The molecule has 1 aliphatic rings. The summed E-state index contributed by atoms with van der Waals surface area (Å²) in [6.07, 6.45) is 2.54. The zero-order valence-corrected chi connectivity index (χ0v) is 9.44. The Hall–Kier alpha value is -0.0800. The molecule has 0 aromatic heterocycles. The number of methoxy groups -OCH3 is 1. The molecule has 0 amide bonds. The molecule has 78 valence electrons. The summed E-state index contributed by atoms with van der Waals surface area (Å²) in [5.41, 5.74) is 0.739. The first-order valence-corrected chi connectivity index (χ1v) is 5.28. The van der Waals surface area contributed by atoms with E-state index in [0.29, 0.717) is 10.8 Å². The Labute approximate surface area is 82.0 Å². The van der Waals surface area contributed by atoms with Crippen LogP contribution in [-0.4, -0.2) is 26.8 Å². The molecule has 2 heteroatoms. The molecule has 0 bridgehead atoms. The van der Waals surface area contributed by atoms with Gasteiger partial charge >= 0.3 is 0 Å². The van der Waals surface area contributed by atoms with Gasteiger partial charge in [0.2, 0.25) is 0 Å². The quantitative estimate of drug-likeness (QED) is 0.724. The van der Waals surface area contributed by atoms with Crippen molar-refractivity contribution >= 4 is 0 Å². The first-order chi connectivity index (χ1) is 6.08. The van der Waals surface area contributed by atoms with E-state index in [9.17, 15) is 0 Å². The van der Waals surface area contributed by atoms with Crippen LogP contribution in [0.1, 0.15) is 33.6 Å². The lowest BCUT2D eigenvalue weighted by molar-refractivity contribution is -0.000274. The molecular weight excluding hydrogens is 162 g/mol.